The highest BCUT2D eigenvalue weighted by Crippen LogP contribution is 2.36. The second-order valence-electron chi connectivity index (χ2n) is 9.45. The van der Waals surface area contributed by atoms with Gasteiger partial charge in [-0.1, -0.05) is 45.5 Å². The van der Waals surface area contributed by atoms with E-state index in [1.165, 1.54) is 11.7 Å². The van der Waals surface area contributed by atoms with Crippen molar-refractivity contribution in [1.82, 2.24) is 15.0 Å². The quantitative estimate of drug-likeness (QED) is 0.352. The Bertz CT molecular complexity index is 1210. The summed E-state index contributed by atoms with van der Waals surface area (Å²) >= 11 is 0. The summed E-state index contributed by atoms with van der Waals surface area (Å²) in [6.45, 7) is 10.3. The summed E-state index contributed by atoms with van der Waals surface area (Å²) < 4.78 is 9.95. The van der Waals surface area contributed by atoms with E-state index in [1.807, 2.05) is 51.1 Å². The minimum absolute atomic E-state index is 0.0561. The smallest absolute Gasteiger partial charge is 0.333 e. The van der Waals surface area contributed by atoms with Gasteiger partial charge in [-0.2, -0.15) is 0 Å². The zero-order valence-corrected chi connectivity index (χ0v) is 20.4. The van der Waals surface area contributed by atoms with E-state index in [0.717, 1.165) is 5.56 Å². The number of fused-ring (bicyclic) bond motifs is 1. The number of carbonyl (C=O) groups excluding carboxylic acids is 2. The van der Waals surface area contributed by atoms with Crippen LogP contribution in [0.5, 0.6) is 5.75 Å². The second-order valence-corrected chi connectivity index (χ2v) is 9.45. The first-order valence-electron chi connectivity index (χ1n) is 11.3. The maximum Gasteiger partial charge on any atom is 0.333 e. The van der Waals surface area contributed by atoms with Crippen LogP contribution in [0, 0.1) is 0 Å². The zero-order valence-electron chi connectivity index (χ0n) is 20.4. The number of phenols is 1. The number of ether oxygens (including phenoxy) is 2. The Morgan fingerprint density at radius 1 is 1.09 bits per heavy atom. The summed E-state index contributed by atoms with van der Waals surface area (Å²) in [4.78, 5) is 25.0. The molecule has 2 aromatic carbocycles. The molecular weight excluding hydrogens is 450 g/mol. The van der Waals surface area contributed by atoms with E-state index >= 15 is 0 Å². The summed E-state index contributed by atoms with van der Waals surface area (Å²) in [5.74, 6) is -1.05. The van der Waals surface area contributed by atoms with Crippen LogP contribution in [0.4, 0.5) is 0 Å². The average molecular weight is 482 g/mol. The fraction of sp³-hybridized carbons (Fsp3) is 0.385. The number of hydrogen-bond donors (Lipinski definition) is 2. The molecule has 186 valence electrons. The summed E-state index contributed by atoms with van der Waals surface area (Å²) in [5, 5.41) is 29.8. The van der Waals surface area contributed by atoms with Gasteiger partial charge in [-0.25, -0.2) is 4.79 Å². The van der Waals surface area contributed by atoms with Gasteiger partial charge in [-0.3, -0.25) is 4.79 Å². The van der Waals surface area contributed by atoms with Crippen LogP contribution >= 0.6 is 0 Å². The van der Waals surface area contributed by atoms with E-state index in [1.54, 1.807) is 6.07 Å². The number of nitrogens with zero attached hydrogens (tertiary/aromatic N) is 3. The van der Waals surface area contributed by atoms with Crippen LogP contribution in [0.3, 0.4) is 0 Å². The minimum Gasteiger partial charge on any atom is -0.505 e. The largest absolute Gasteiger partial charge is 0.505 e. The number of aliphatic hydroxyl groups is 1. The lowest BCUT2D eigenvalue weighted by Crippen LogP contribution is -2.25. The summed E-state index contributed by atoms with van der Waals surface area (Å²) in [5.41, 5.74) is 3.18. The molecule has 0 fully saturated rings. The van der Waals surface area contributed by atoms with Crippen LogP contribution in [0.25, 0.3) is 16.7 Å². The molecule has 9 heteroatoms. The van der Waals surface area contributed by atoms with Crippen molar-refractivity contribution in [2.45, 2.75) is 52.1 Å². The van der Waals surface area contributed by atoms with E-state index in [4.69, 9.17) is 9.47 Å². The molecule has 1 atom stereocenters. The number of rotatable bonds is 9. The fourth-order valence-electron chi connectivity index (χ4n) is 3.36. The molecule has 3 rings (SSSR count). The lowest BCUT2D eigenvalue weighted by molar-refractivity contribution is -0.150. The highest BCUT2D eigenvalue weighted by atomic mass is 16.6. The third kappa shape index (κ3) is 6.66. The van der Waals surface area contributed by atoms with Crippen molar-refractivity contribution in [1.29, 1.82) is 0 Å². The van der Waals surface area contributed by atoms with Crippen molar-refractivity contribution in [3.8, 4) is 11.4 Å². The van der Waals surface area contributed by atoms with Crippen molar-refractivity contribution in [3.05, 3.63) is 59.7 Å². The van der Waals surface area contributed by atoms with Gasteiger partial charge in [-0.05, 0) is 42.5 Å². The molecule has 0 saturated heterocycles. The van der Waals surface area contributed by atoms with Crippen LogP contribution in [0.2, 0.25) is 0 Å². The molecule has 3 aromatic rings. The molecule has 0 radical (unpaired) electrons. The Morgan fingerprint density at radius 3 is 2.26 bits per heavy atom. The molecule has 0 spiro atoms. The van der Waals surface area contributed by atoms with Crippen LogP contribution in [0.1, 0.15) is 45.2 Å². The molecular formula is C26H31N3O6. The number of carbonyl (C=O) groups is 2. The number of aromatic nitrogens is 3. The first kappa shape index (κ1) is 25.9. The number of aromatic hydroxyl groups is 1. The van der Waals surface area contributed by atoms with Gasteiger partial charge in [0.15, 0.2) is 0 Å². The van der Waals surface area contributed by atoms with Gasteiger partial charge in [0.05, 0.1) is 0 Å². The molecule has 35 heavy (non-hydrogen) atoms. The maximum absolute atomic E-state index is 12.3. The predicted molar refractivity (Wildman–Crippen MR) is 130 cm³/mol. The van der Waals surface area contributed by atoms with E-state index in [2.05, 4.69) is 16.8 Å². The van der Waals surface area contributed by atoms with Crippen molar-refractivity contribution in [2.75, 3.05) is 13.2 Å². The highest BCUT2D eigenvalue weighted by Gasteiger charge is 2.23. The Kier molecular flexibility index (Phi) is 7.91. The van der Waals surface area contributed by atoms with Crippen LogP contribution in [-0.4, -0.2) is 56.5 Å². The van der Waals surface area contributed by atoms with Crippen molar-refractivity contribution >= 4 is 23.0 Å². The fourth-order valence-corrected chi connectivity index (χ4v) is 3.36. The van der Waals surface area contributed by atoms with Crippen LogP contribution in [0.15, 0.2) is 48.6 Å². The predicted octanol–water partition coefficient (Wildman–Crippen LogP) is 3.38. The van der Waals surface area contributed by atoms with Gasteiger partial charge < -0.3 is 19.7 Å². The SMILES string of the molecule is C=C(C)C(=O)OCC(O)COC(=O)CCc1cc(-n2nc3ccccc3n2)c(O)c(C(C)(C)C)c1. The van der Waals surface area contributed by atoms with Crippen molar-refractivity contribution < 1.29 is 29.3 Å². The normalized spacial score (nSPS) is 12.4. The van der Waals surface area contributed by atoms with E-state index in [9.17, 15) is 19.8 Å². The lowest BCUT2D eigenvalue weighted by atomic mass is 9.84. The highest BCUT2D eigenvalue weighted by molar-refractivity contribution is 5.86. The number of aryl methyl sites for hydroxylation is 1. The maximum atomic E-state index is 12.3. The standard InChI is InChI=1S/C26H31N3O6/c1-16(2)25(33)35-15-18(30)14-34-23(31)11-10-17-12-19(26(3,4)5)24(32)22(13-17)29-27-20-8-6-7-9-21(20)28-29/h6-9,12-13,18,30,32H,1,10-11,14-15H2,2-5H3. The molecule has 0 aliphatic heterocycles. The Balaban J connectivity index is 1.71. The number of benzene rings is 2. The molecule has 0 amide bonds. The summed E-state index contributed by atoms with van der Waals surface area (Å²) in [6, 6.07) is 11.0. The zero-order chi connectivity index (χ0) is 25.8. The summed E-state index contributed by atoms with van der Waals surface area (Å²) in [6.07, 6.45) is -0.729. The van der Waals surface area contributed by atoms with Gasteiger partial charge >= 0.3 is 11.9 Å². The second kappa shape index (κ2) is 10.7. The van der Waals surface area contributed by atoms with Gasteiger partial charge in [-0.15, -0.1) is 15.0 Å². The monoisotopic (exact) mass is 481 g/mol. The molecule has 0 saturated carbocycles. The third-order valence-electron chi connectivity index (χ3n) is 5.27. The van der Waals surface area contributed by atoms with Crippen LogP contribution in [-0.2, 0) is 30.9 Å². The number of phenolic OH excluding ortho intramolecular Hbond substituents is 1. The molecule has 1 aromatic heterocycles. The van der Waals surface area contributed by atoms with Crippen molar-refractivity contribution in [3.63, 3.8) is 0 Å². The molecule has 1 heterocycles. The minimum atomic E-state index is -1.13. The topological polar surface area (TPSA) is 124 Å². The molecule has 0 aliphatic carbocycles. The number of esters is 2. The molecule has 0 bridgehead atoms. The Labute approximate surface area is 204 Å². The van der Waals surface area contributed by atoms with Gasteiger partial charge in [0.25, 0.3) is 0 Å². The van der Waals surface area contributed by atoms with Gasteiger partial charge in [0.2, 0.25) is 0 Å². The van der Waals surface area contributed by atoms with E-state index < -0.39 is 18.0 Å². The van der Waals surface area contributed by atoms with Crippen LogP contribution < -0.4 is 0 Å². The lowest BCUT2D eigenvalue weighted by Gasteiger charge is -2.23. The third-order valence-corrected chi connectivity index (χ3v) is 5.27. The number of hydrogen-bond acceptors (Lipinski definition) is 8. The van der Waals surface area contributed by atoms with E-state index in [-0.39, 0.29) is 36.4 Å². The first-order valence-corrected chi connectivity index (χ1v) is 11.3. The molecule has 2 N–H and O–H groups in total. The number of aliphatic hydroxyl groups excluding tert-OH is 1. The van der Waals surface area contributed by atoms with Crippen molar-refractivity contribution in [2.24, 2.45) is 0 Å². The molecule has 1 unspecified atom stereocenters. The Hall–Kier alpha value is -3.72. The molecule has 0 aliphatic rings. The van der Waals surface area contributed by atoms with E-state index in [0.29, 0.717) is 28.7 Å². The first-order chi connectivity index (χ1) is 16.5. The molecule has 9 nitrogen and oxygen atoms in total. The van der Waals surface area contributed by atoms with Gasteiger partial charge in [0, 0.05) is 17.6 Å². The average Bonchev–Trinajstić information content (AvgIpc) is 3.23. The Morgan fingerprint density at radius 2 is 1.69 bits per heavy atom. The summed E-state index contributed by atoms with van der Waals surface area (Å²) in [7, 11) is 0. The van der Waals surface area contributed by atoms with Gasteiger partial charge in [0.1, 0.15) is 41.8 Å².